The summed E-state index contributed by atoms with van der Waals surface area (Å²) in [5.41, 5.74) is 0. The second-order valence-electron chi connectivity index (χ2n) is 23.1. The van der Waals surface area contributed by atoms with E-state index in [4.69, 9.17) is 9.05 Å². The van der Waals surface area contributed by atoms with Crippen LogP contribution in [0.2, 0.25) is 0 Å². The second-order valence-corrected chi connectivity index (χ2v) is 24.6. The number of hydrogen-bond acceptors (Lipinski definition) is 5. The predicted octanol–water partition coefficient (Wildman–Crippen LogP) is 20.4. The third-order valence-corrected chi connectivity index (χ3v) is 15.3. The van der Waals surface area contributed by atoms with Gasteiger partial charge in [0.2, 0.25) is 5.91 Å². The molecule has 0 fully saturated rings. The van der Waals surface area contributed by atoms with Gasteiger partial charge in [0.25, 0.3) is 0 Å². The van der Waals surface area contributed by atoms with Gasteiger partial charge in [0, 0.05) is 6.42 Å². The maximum absolute atomic E-state index is 13.0. The molecule has 3 N–H and O–H groups in total. The summed E-state index contributed by atoms with van der Waals surface area (Å²) in [6, 6.07) is -0.877. The molecule has 77 heavy (non-hydrogen) atoms. The third kappa shape index (κ3) is 61.2. The lowest BCUT2D eigenvalue weighted by molar-refractivity contribution is -0.870. The number of likely N-dealkylation sites (N-methyl/N-ethyl adjacent to an activating group) is 1. The number of quaternary nitrogens is 1. The van der Waals surface area contributed by atoms with E-state index in [2.05, 4.69) is 92.1 Å². The summed E-state index contributed by atoms with van der Waals surface area (Å²) in [6.45, 7) is 4.69. The molecule has 0 aliphatic carbocycles. The summed E-state index contributed by atoms with van der Waals surface area (Å²) < 4.78 is 23.7. The normalized spacial score (nSPS) is 14.3. The fraction of sp³-hybridized carbons (Fsp3) is 0.779. The van der Waals surface area contributed by atoms with Crippen LogP contribution in [0.5, 0.6) is 0 Å². The van der Waals surface area contributed by atoms with Crippen LogP contribution in [0.15, 0.2) is 85.1 Å². The molecule has 3 unspecified atom stereocenters. The van der Waals surface area contributed by atoms with Gasteiger partial charge in [-0.05, 0) is 77.0 Å². The Kier molecular flexibility index (Phi) is 56.6. The molecular weight excluding hydrogens is 972 g/mol. The van der Waals surface area contributed by atoms with E-state index < -0.39 is 20.0 Å². The first kappa shape index (κ1) is 74.7. The Labute approximate surface area is 477 Å². The molecule has 0 spiro atoms. The largest absolute Gasteiger partial charge is 0.472 e. The quantitative estimate of drug-likeness (QED) is 0.0243. The van der Waals surface area contributed by atoms with Crippen LogP contribution in [0, 0.1) is 0 Å². The zero-order valence-corrected chi connectivity index (χ0v) is 52.1. The smallest absolute Gasteiger partial charge is 0.387 e. The van der Waals surface area contributed by atoms with Crippen molar-refractivity contribution in [3.05, 3.63) is 85.1 Å². The summed E-state index contributed by atoms with van der Waals surface area (Å²) in [5.74, 6) is -0.198. The minimum Gasteiger partial charge on any atom is -0.387 e. The number of allylic oxidation sites excluding steroid dienone is 13. The molecule has 3 atom stereocenters. The Hall–Kier alpha value is -2.32. The molecule has 0 aromatic carbocycles. The van der Waals surface area contributed by atoms with E-state index in [9.17, 15) is 19.4 Å². The lowest BCUT2D eigenvalue weighted by atomic mass is 10.0. The van der Waals surface area contributed by atoms with Crippen LogP contribution < -0.4 is 5.32 Å². The Morgan fingerprint density at radius 1 is 0.455 bits per heavy atom. The van der Waals surface area contributed by atoms with E-state index in [0.29, 0.717) is 17.4 Å². The minimum absolute atomic E-state index is 0.0499. The Morgan fingerprint density at radius 2 is 0.792 bits per heavy atom. The number of aliphatic hydroxyl groups is 1. The van der Waals surface area contributed by atoms with E-state index in [-0.39, 0.29) is 19.1 Å². The van der Waals surface area contributed by atoms with E-state index in [1.165, 1.54) is 186 Å². The van der Waals surface area contributed by atoms with E-state index >= 15 is 0 Å². The molecule has 0 saturated heterocycles. The molecule has 0 aromatic heterocycles. The molecule has 0 saturated carbocycles. The maximum Gasteiger partial charge on any atom is 0.472 e. The standard InChI is InChI=1S/C68H125N2O6P/c1-6-8-10-12-14-16-18-20-22-24-26-28-30-31-32-33-34-35-36-37-38-40-41-43-45-47-49-51-53-55-57-59-61-67(71)66(65-76-77(73,74)75-64-63-70(3,4)5)69-68(72)62-60-58-56-54-52-50-48-46-44-42-39-29-27-25-23-21-19-17-15-13-11-9-7-2/h9,11,15,17,21,23,27,29,42,44,51,53,59,61,66-67,71H,6-8,10,12-14,16,18-20,22,24-26,28,30-41,43,45-50,52,54-58,60,62-65H2,1-5H3,(H-,69,72,73,74)/p+1/b11-9-,17-15-,23-21-,29-27-,44-42-,53-51+,61-59+. The zero-order valence-electron chi connectivity index (χ0n) is 51.2. The Bertz CT molecular complexity index is 1530. The number of phosphoric acid groups is 1. The van der Waals surface area contributed by atoms with Crippen LogP contribution in [-0.4, -0.2) is 73.4 Å². The van der Waals surface area contributed by atoms with Crippen LogP contribution in [0.3, 0.4) is 0 Å². The van der Waals surface area contributed by atoms with Gasteiger partial charge < -0.3 is 19.8 Å². The Morgan fingerprint density at radius 3 is 1.19 bits per heavy atom. The topological polar surface area (TPSA) is 105 Å². The van der Waals surface area contributed by atoms with Crippen LogP contribution >= 0.6 is 7.82 Å². The van der Waals surface area contributed by atoms with Crippen molar-refractivity contribution in [3.63, 3.8) is 0 Å². The lowest BCUT2D eigenvalue weighted by Gasteiger charge is -2.25. The number of nitrogens with zero attached hydrogens (tertiary/aromatic N) is 1. The fourth-order valence-electron chi connectivity index (χ4n) is 9.32. The van der Waals surface area contributed by atoms with E-state index in [1.54, 1.807) is 6.08 Å². The number of amides is 1. The summed E-state index contributed by atoms with van der Waals surface area (Å²) in [6.07, 6.45) is 82.9. The van der Waals surface area contributed by atoms with Gasteiger partial charge in [-0.1, -0.05) is 292 Å². The summed E-state index contributed by atoms with van der Waals surface area (Å²) in [4.78, 5) is 23.4. The molecule has 8 nitrogen and oxygen atoms in total. The number of phosphoric ester groups is 1. The Balaban J connectivity index is 4.17. The van der Waals surface area contributed by atoms with Gasteiger partial charge in [-0.25, -0.2) is 4.57 Å². The average Bonchev–Trinajstić information content (AvgIpc) is 3.39. The molecule has 1 amide bonds. The number of carbonyl (C=O) groups is 1. The van der Waals surface area contributed by atoms with Crippen LogP contribution in [0.1, 0.15) is 290 Å². The number of unbranched alkanes of at least 4 members (excludes halogenated alkanes) is 34. The van der Waals surface area contributed by atoms with E-state index in [1.807, 2.05) is 27.2 Å². The van der Waals surface area contributed by atoms with Crippen molar-refractivity contribution in [3.8, 4) is 0 Å². The fourth-order valence-corrected chi connectivity index (χ4v) is 10.1. The van der Waals surface area contributed by atoms with E-state index in [0.717, 1.165) is 83.5 Å². The number of rotatable bonds is 59. The van der Waals surface area contributed by atoms with Gasteiger partial charge in [-0.15, -0.1) is 0 Å². The van der Waals surface area contributed by atoms with Crippen molar-refractivity contribution in [1.82, 2.24) is 5.32 Å². The molecule has 0 aliphatic rings. The van der Waals surface area contributed by atoms with Crippen molar-refractivity contribution in [1.29, 1.82) is 0 Å². The lowest BCUT2D eigenvalue weighted by Crippen LogP contribution is -2.45. The summed E-state index contributed by atoms with van der Waals surface area (Å²) in [7, 11) is 1.54. The van der Waals surface area contributed by atoms with Gasteiger partial charge in [0.05, 0.1) is 39.9 Å². The van der Waals surface area contributed by atoms with Crippen LogP contribution in [0.4, 0.5) is 0 Å². The number of nitrogens with one attached hydrogen (secondary N) is 1. The van der Waals surface area contributed by atoms with Crippen molar-refractivity contribution in [2.45, 2.75) is 302 Å². The zero-order chi connectivity index (χ0) is 56.3. The van der Waals surface area contributed by atoms with Crippen LogP contribution in [-0.2, 0) is 18.4 Å². The van der Waals surface area contributed by atoms with Crippen LogP contribution in [0.25, 0.3) is 0 Å². The van der Waals surface area contributed by atoms with Crippen molar-refractivity contribution >= 4 is 13.7 Å². The molecule has 0 aliphatic heterocycles. The number of carbonyl (C=O) groups excluding carboxylic acids is 1. The highest BCUT2D eigenvalue weighted by Crippen LogP contribution is 2.43. The second kappa shape index (κ2) is 58.3. The number of hydrogen-bond donors (Lipinski definition) is 3. The van der Waals surface area contributed by atoms with Gasteiger partial charge in [0.15, 0.2) is 0 Å². The summed E-state index contributed by atoms with van der Waals surface area (Å²) >= 11 is 0. The molecule has 0 bridgehead atoms. The summed E-state index contributed by atoms with van der Waals surface area (Å²) in [5, 5.41) is 14.0. The highest BCUT2D eigenvalue weighted by Gasteiger charge is 2.27. The first-order valence-electron chi connectivity index (χ1n) is 32.5. The molecule has 0 aromatic rings. The average molecular weight is 1100 g/mol. The first-order chi connectivity index (χ1) is 37.5. The van der Waals surface area contributed by atoms with Gasteiger partial charge in [0.1, 0.15) is 13.2 Å². The molecule has 0 radical (unpaired) electrons. The maximum atomic E-state index is 13.0. The predicted molar refractivity (Wildman–Crippen MR) is 336 cm³/mol. The first-order valence-corrected chi connectivity index (χ1v) is 34.0. The van der Waals surface area contributed by atoms with Gasteiger partial charge >= 0.3 is 7.82 Å². The number of aliphatic hydroxyl groups excluding tert-OH is 1. The highest BCUT2D eigenvalue weighted by atomic mass is 31.2. The third-order valence-electron chi connectivity index (χ3n) is 14.3. The highest BCUT2D eigenvalue weighted by molar-refractivity contribution is 7.47. The van der Waals surface area contributed by atoms with Crippen molar-refractivity contribution in [2.75, 3.05) is 40.9 Å². The van der Waals surface area contributed by atoms with Gasteiger partial charge in [-0.2, -0.15) is 0 Å². The van der Waals surface area contributed by atoms with Gasteiger partial charge in [-0.3, -0.25) is 13.8 Å². The molecule has 0 rings (SSSR count). The molecule has 0 heterocycles. The molecular formula is C68H126N2O6P+. The van der Waals surface area contributed by atoms with Crippen molar-refractivity contribution in [2.24, 2.45) is 0 Å². The van der Waals surface area contributed by atoms with Crippen molar-refractivity contribution < 1.29 is 32.9 Å². The molecule has 448 valence electrons. The SMILES string of the molecule is CC/C=C\C/C=C\C/C=C\C/C=C\C/C=C\CCCCCCCCCC(=O)NC(COP(=O)(O)OCC[N+](C)(C)C)C(O)/C=C/CC/C=C/CCCCCCCCCCCCCCCCCCCCCCCCCCCC. The monoisotopic (exact) mass is 1100 g/mol. The molecule has 9 heteroatoms. The minimum atomic E-state index is -4.37.